The quantitative estimate of drug-likeness (QED) is 0.736. The number of hydrogen-bond donors (Lipinski definition) is 2. The van der Waals surface area contributed by atoms with E-state index in [4.69, 9.17) is 22.1 Å². The van der Waals surface area contributed by atoms with Crippen molar-refractivity contribution in [2.45, 2.75) is 25.3 Å². The summed E-state index contributed by atoms with van der Waals surface area (Å²) in [7, 11) is 1.52. The van der Waals surface area contributed by atoms with Gasteiger partial charge in [0.15, 0.2) is 0 Å². The molecule has 7 N–H and O–H groups in total. The second-order valence-electron chi connectivity index (χ2n) is 6.25. The molecule has 0 saturated carbocycles. The second-order valence-corrected chi connectivity index (χ2v) is 6.66. The summed E-state index contributed by atoms with van der Waals surface area (Å²) in [5.41, 5.74) is 6.61. The first-order chi connectivity index (χ1) is 10.6. The number of carbonyl (C=O) groups is 1. The standard InChI is InChI=1S/C16H22ClN3O2.ClH.2H2O/c1-22-15-7-14(18)13(17)6-12(15)16(21)19-11-5-10-3-2-4-20(8-10)9-11;;;/h6-7,10-11H,2-5,8-9,18H2,1H3,(H,19,21);1H;2*1H2/t10?,11-;;;/m0.../s1. The number of halogens is 2. The van der Waals surface area contributed by atoms with Gasteiger partial charge in [0, 0.05) is 25.2 Å². The van der Waals surface area contributed by atoms with Crippen molar-refractivity contribution in [2.24, 2.45) is 5.92 Å². The number of amides is 1. The molecule has 2 bridgehead atoms. The van der Waals surface area contributed by atoms with Crippen LogP contribution < -0.4 is 15.8 Å². The smallest absolute Gasteiger partial charge is 0.255 e. The topological polar surface area (TPSA) is 131 Å². The number of piperidine rings is 2. The van der Waals surface area contributed by atoms with Crippen molar-refractivity contribution in [3.8, 4) is 5.75 Å². The third kappa shape index (κ3) is 5.36. The number of rotatable bonds is 3. The third-order valence-corrected chi connectivity index (χ3v) is 4.93. The summed E-state index contributed by atoms with van der Waals surface area (Å²) in [6, 6.07) is 3.36. The Bertz CT molecular complexity index is 577. The summed E-state index contributed by atoms with van der Waals surface area (Å²) in [5.74, 6) is 1.00. The minimum atomic E-state index is -0.148. The Morgan fingerprint density at radius 3 is 2.72 bits per heavy atom. The number of fused-ring (bicyclic) bond motifs is 2. The van der Waals surface area contributed by atoms with Gasteiger partial charge in [-0.25, -0.2) is 0 Å². The minimum absolute atomic E-state index is 0. The Balaban J connectivity index is 0.00000192. The van der Waals surface area contributed by atoms with Gasteiger partial charge in [0.05, 0.1) is 23.4 Å². The zero-order chi connectivity index (χ0) is 15.7. The van der Waals surface area contributed by atoms with Gasteiger partial charge >= 0.3 is 0 Å². The summed E-state index contributed by atoms with van der Waals surface area (Å²) in [5, 5.41) is 3.50. The Morgan fingerprint density at radius 2 is 2.08 bits per heavy atom. The number of ether oxygens (including phenoxy) is 1. The van der Waals surface area contributed by atoms with Crippen molar-refractivity contribution in [1.29, 1.82) is 0 Å². The largest absolute Gasteiger partial charge is 0.496 e. The van der Waals surface area contributed by atoms with Crippen molar-refractivity contribution in [2.75, 3.05) is 32.5 Å². The fraction of sp³-hybridized carbons (Fsp3) is 0.562. The van der Waals surface area contributed by atoms with Gasteiger partial charge in [-0.15, -0.1) is 12.4 Å². The fourth-order valence-corrected chi connectivity index (χ4v) is 3.74. The molecular formula is C16H27Cl2N3O4. The second kappa shape index (κ2) is 10.0. The minimum Gasteiger partial charge on any atom is -0.496 e. The molecule has 1 aromatic carbocycles. The van der Waals surface area contributed by atoms with Crippen molar-refractivity contribution in [3.63, 3.8) is 0 Å². The molecule has 9 heteroatoms. The predicted octanol–water partition coefficient (Wildman–Crippen LogP) is 0.917. The number of benzene rings is 1. The lowest BCUT2D eigenvalue weighted by atomic mass is 9.87. The van der Waals surface area contributed by atoms with Gasteiger partial charge in [-0.3, -0.25) is 4.79 Å². The number of anilines is 1. The highest BCUT2D eigenvalue weighted by atomic mass is 35.5. The van der Waals surface area contributed by atoms with Crippen molar-refractivity contribution in [1.82, 2.24) is 10.2 Å². The summed E-state index contributed by atoms with van der Waals surface area (Å²) < 4.78 is 5.26. The zero-order valence-electron chi connectivity index (χ0n) is 14.2. The van der Waals surface area contributed by atoms with Crippen LogP contribution in [0.1, 0.15) is 29.6 Å². The molecule has 144 valence electrons. The van der Waals surface area contributed by atoms with E-state index in [-0.39, 0.29) is 35.3 Å². The molecule has 7 nitrogen and oxygen atoms in total. The monoisotopic (exact) mass is 395 g/mol. The molecule has 2 saturated heterocycles. The molecule has 0 aliphatic carbocycles. The molecule has 2 fully saturated rings. The Hall–Kier alpha value is -1.25. The molecule has 0 spiro atoms. The van der Waals surface area contributed by atoms with E-state index in [0.717, 1.165) is 19.5 Å². The van der Waals surface area contributed by atoms with E-state index in [1.54, 1.807) is 12.1 Å². The van der Waals surface area contributed by atoms with E-state index in [2.05, 4.69) is 10.2 Å². The van der Waals surface area contributed by atoms with Crippen molar-refractivity contribution >= 4 is 35.6 Å². The highest BCUT2D eigenvalue weighted by Crippen LogP contribution is 2.30. The number of carbonyl (C=O) groups excluding carboxylic acids is 1. The zero-order valence-corrected chi connectivity index (χ0v) is 15.8. The van der Waals surface area contributed by atoms with E-state index < -0.39 is 0 Å². The number of nitrogens with one attached hydrogen (secondary N) is 1. The Labute approximate surface area is 158 Å². The molecule has 0 aromatic heterocycles. The molecule has 25 heavy (non-hydrogen) atoms. The van der Waals surface area contributed by atoms with Gasteiger partial charge in [-0.1, -0.05) is 11.6 Å². The highest BCUT2D eigenvalue weighted by Gasteiger charge is 2.31. The van der Waals surface area contributed by atoms with Crippen LogP contribution >= 0.6 is 24.0 Å². The molecule has 0 radical (unpaired) electrons. The van der Waals surface area contributed by atoms with E-state index in [9.17, 15) is 4.79 Å². The van der Waals surface area contributed by atoms with Crippen LogP contribution in [0.4, 0.5) is 5.69 Å². The Morgan fingerprint density at radius 1 is 1.36 bits per heavy atom. The van der Waals surface area contributed by atoms with Gasteiger partial charge in [-0.2, -0.15) is 0 Å². The molecule has 2 unspecified atom stereocenters. The Kier molecular flexibility index (Phi) is 9.53. The molecule has 2 aliphatic rings. The van der Waals surface area contributed by atoms with Gasteiger partial charge in [0.1, 0.15) is 5.75 Å². The van der Waals surface area contributed by atoms with Gasteiger partial charge < -0.3 is 31.6 Å². The maximum absolute atomic E-state index is 12.6. The maximum atomic E-state index is 12.6. The summed E-state index contributed by atoms with van der Waals surface area (Å²) in [6.45, 7) is 3.23. The summed E-state index contributed by atoms with van der Waals surface area (Å²) >= 11 is 6.04. The first-order valence-corrected chi connectivity index (χ1v) is 8.11. The number of nitrogens with two attached hydrogens (primary N) is 1. The van der Waals surface area contributed by atoms with Gasteiger partial charge in [0.25, 0.3) is 5.91 Å². The highest BCUT2D eigenvalue weighted by molar-refractivity contribution is 6.33. The number of nitrogens with zero attached hydrogens (tertiary/aromatic N) is 1. The average Bonchev–Trinajstić information content (AvgIpc) is 2.49. The van der Waals surface area contributed by atoms with Crippen LogP contribution in [0.25, 0.3) is 0 Å². The third-order valence-electron chi connectivity index (χ3n) is 4.60. The predicted molar refractivity (Wildman–Crippen MR) is 102 cm³/mol. The number of methoxy groups -OCH3 is 1. The first kappa shape index (κ1) is 23.8. The van der Waals surface area contributed by atoms with E-state index in [1.807, 2.05) is 0 Å². The van der Waals surface area contributed by atoms with E-state index in [1.165, 1.54) is 26.5 Å². The number of hydrogen-bond acceptors (Lipinski definition) is 4. The van der Waals surface area contributed by atoms with E-state index >= 15 is 0 Å². The summed E-state index contributed by atoms with van der Waals surface area (Å²) in [4.78, 5) is 15.0. The maximum Gasteiger partial charge on any atom is 0.255 e. The van der Waals surface area contributed by atoms with Crippen LogP contribution in [0.2, 0.25) is 5.02 Å². The lowest BCUT2D eigenvalue weighted by Crippen LogP contribution is -2.52. The van der Waals surface area contributed by atoms with Crippen LogP contribution in [0.15, 0.2) is 12.1 Å². The van der Waals surface area contributed by atoms with Crippen LogP contribution in [0.5, 0.6) is 5.75 Å². The molecule has 3 atom stereocenters. The van der Waals surface area contributed by atoms with Gasteiger partial charge in [0.2, 0.25) is 0 Å². The normalized spacial score (nSPS) is 24.0. The van der Waals surface area contributed by atoms with Crippen LogP contribution in [0.3, 0.4) is 0 Å². The van der Waals surface area contributed by atoms with Crippen molar-refractivity contribution < 1.29 is 20.5 Å². The van der Waals surface area contributed by atoms with Crippen LogP contribution in [0, 0.1) is 5.92 Å². The number of nitrogen functional groups attached to an aromatic ring is 1. The lowest BCUT2D eigenvalue weighted by Gasteiger charge is -2.41. The average molecular weight is 396 g/mol. The van der Waals surface area contributed by atoms with Crippen LogP contribution in [-0.2, 0) is 0 Å². The molecule has 2 aliphatic heterocycles. The molecule has 2 heterocycles. The van der Waals surface area contributed by atoms with E-state index in [0.29, 0.717) is 27.9 Å². The van der Waals surface area contributed by atoms with Crippen molar-refractivity contribution in [3.05, 3.63) is 22.7 Å². The molecule has 1 amide bonds. The summed E-state index contributed by atoms with van der Waals surface area (Å²) in [6.07, 6.45) is 3.58. The lowest BCUT2D eigenvalue weighted by molar-refractivity contribution is 0.0775. The SMILES string of the molecule is COc1cc(N)c(Cl)cc1C(=O)N[C@H]1CC2CCCN(C2)C1.Cl.O.O. The molecule has 1 aromatic rings. The van der Waals surface area contributed by atoms with Gasteiger partial charge in [-0.05, 0) is 37.8 Å². The fourth-order valence-electron chi connectivity index (χ4n) is 3.58. The molecular weight excluding hydrogens is 369 g/mol. The molecule has 3 rings (SSSR count). The first-order valence-electron chi connectivity index (χ1n) is 7.73. The van der Waals surface area contributed by atoms with Crippen LogP contribution in [-0.4, -0.2) is 54.5 Å².